The number of carbonyl (C=O) groups excluding carboxylic acids is 1. The van der Waals surface area contributed by atoms with Crippen molar-refractivity contribution >= 4 is 11.9 Å². The van der Waals surface area contributed by atoms with Gasteiger partial charge in [0.1, 0.15) is 12.4 Å². The van der Waals surface area contributed by atoms with Gasteiger partial charge in [0.15, 0.2) is 5.96 Å². The molecule has 0 aromatic carbocycles. The molecule has 7 nitrogen and oxygen atoms in total. The summed E-state index contributed by atoms with van der Waals surface area (Å²) in [5.74, 6) is 2.02. The molecule has 0 bridgehead atoms. The summed E-state index contributed by atoms with van der Waals surface area (Å²) in [5.41, 5.74) is 0. The van der Waals surface area contributed by atoms with Crippen molar-refractivity contribution in [1.82, 2.24) is 20.5 Å². The quantitative estimate of drug-likeness (QED) is 0.413. The van der Waals surface area contributed by atoms with E-state index in [2.05, 4.69) is 34.5 Å². The molecule has 0 radical (unpaired) electrons. The number of pyridine rings is 1. The fraction of sp³-hybridized carbons (Fsp3) is 0.650. The lowest BCUT2D eigenvalue weighted by Crippen LogP contribution is -2.51. The van der Waals surface area contributed by atoms with Crippen molar-refractivity contribution in [2.75, 3.05) is 33.3 Å². The third-order valence-electron chi connectivity index (χ3n) is 5.00. The van der Waals surface area contributed by atoms with Crippen LogP contribution in [0.3, 0.4) is 0 Å². The summed E-state index contributed by atoms with van der Waals surface area (Å²) in [6.45, 7) is 7.00. The van der Waals surface area contributed by atoms with E-state index in [0.717, 1.165) is 50.5 Å². The normalized spacial score (nSPS) is 15.7. The van der Waals surface area contributed by atoms with Gasteiger partial charge in [0, 0.05) is 38.3 Å². The van der Waals surface area contributed by atoms with Crippen molar-refractivity contribution in [2.45, 2.75) is 45.6 Å². The predicted octanol–water partition coefficient (Wildman–Crippen LogP) is 2.05. The minimum atomic E-state index is 0.170. The second kappa shape index (κ2) is 11.4. The molecule has 27 heavy (non-hydrogen) atoms. The number of hydrogen-bond acceptors (Lipinski definition) is 4. The second-order valence-electron chi connectivity index (χ2n) is 6.79. The van der Waals surface area contributed by atoms with Gasteiger partial charge in [0.25, 0.3) is 0 Å². The molecule has 2 N–H and O–H groups in total. The van der Waals surface area contributed by atoms with E-state index in [-0.39, 0.29) is 5.92 Å². The predicted molar refractivity (Wildman–Crippen MR) is 108 cm³/mol. The molecule has 0 saturated carbocycles. The lowest BCUT2D eigenvalue weighted by molar-refractivity contribution is -0.136. The summed E-state index contributed by atoms with van der Waals surface area (Å²) in [7, 11) is 1.77. The summed E-state index contributed by atoms with van der Waals surface area (Å²) < 4.78 is 5.62. The third kappa shape index (κ3) is 6.73. The first-order valence-corrected chi connectivity index (χ1v) is 9.96. The number of nitrogens with zero attached hydrogens (tertiary/aromatic N) is 3. The Hall–Kier alpha value is -2.31. The number of aliphatic imine (C=N–C) groups is 1. The summed E-state index contributed by atoms with van der Waals surface area (Å²) >= 11 is 0. The van der Waals surface area contributed by atoms with Crippen LogP contribution in [0.15, 0.2) is 29.5 Å². The monoisotopic (exact) mass is 375 g/mol. The molecule has 1 aromatic rings. The molecular formula is C20H33N5O2. The molecular weight excluding hydrogens is 342 g/mol. The summed E-state index contributed by atoms with van der Waals surface area (Å²) in [5, 5.41) is 6.72. The smallest absolute Gasteiger partial charge is 0.225 e. The maximum absolute atomic E-state index is 12.5. The lowest BCUT2D eigenvalue weighted by Gasteiger charge is -2.34. The maximum atomic E-state index is 12.5. The van der Waals surface area contributed by atoms with E-state index in [9.17, 15) is 4.79 Å². The van der Waals surface area contributed by atoms with Gasteiger partial charge in [-0.05, 0) is 37.8 Å². The molecule has 0 aliphatic carbocycles. The zero-order valence-corrected chi connectivity index (χ0v) is 16.8. The molecule has 1 amide bonds. The van der Waals surface area contributed by atoms with Gasteiger partial charge in [-0.1, -0.05) is 13.8 Å². The Bertz CT molecular complexity index is 581. The number of piperidine rings is 1. The van der Waals surface area contributed by atoms with Crippen LogP contribution >= 0.6 is 0 Å². The molecule has 1 aromatic heterocycles. The van der Waals surface area contributed by atoms with Gasteiger partial charge in [0.2, 0.25) is 5.91 Å². The Morgan fingerprint density at radius 3 is 2.70 bits per heavy atom. The number of guanidine groups is 1. The molecule has 1 saturated heterocycles. The van der Waals surface area contributed by atoms with Gasteiger partial charge in [-0.2, -0.15) is 0 Å². The number of rotatable bonds is 8. The number of carbonyl (C=O) groups is 1. The molecule has 0 unspecified atom stereocenters. The minimum Gasteiger partial charge on any atom is -0.490 e. The Kier molecular flexibility index (Phi) is 8.87. The van der Waals surface area contributed by atoms with Crippen LogP contribution in [0.1, 0.15) is 39.5 Å². The van der Waals surface area contributed by atoms with Crippen LogP contribution in [-0.2, 0) is 4.79 Å². The van der Waals surface area contributed by atoms with Crippen LogP contribution < -0.4 is 15.4 Å². The number of likely N-dealkylation sites (tertiary alicyclic amines) is 1. The molecule has 0 spiro atoms. The zero-order valence-electron chi connectivity index (χ0n) is 16.8. The fourth-order valence-electron chi connectivity index (χ4n) is 3.30. The van der Waals surface area contributed by atoms with Gasteiger partial charge in [-0.25, -0.2) is 0 Å². The van der Waals surface area contributed by atoms with Crippen molar-refractivity contribution in [3.8, 4) is 5.75 Å². The molecule has 150 valence electrons. The Labute approximate surface area is 162 Å². The van der Waals surface area contributed by atoms with Gasteiger partial charge in [-0.3, -0.25) is 14.8 Å². The average molecular weight is 376 g/mol. The highest BCUT2D eigenvalue weighted by Crippen LogP contribution is 2.17. The first-order valence-electron chi connectivity index (χ1n) is 9.96. The van der Waals surface area contributed by atoms with E-state index in [1.54, 1.807) is 19.4 Å². The summed E-state index contributed by atoms with van der Waals surface area (Å²) in [6, 6.07) is 4.07. The van der Waals surface area contributed by atoms with Gasteiger partial charge in [0.05, 0.1) is 12.7 Å². The highest BCUT2D eigenvalue weighted by atomic mass is 16.5. The van der Waals surface area contributed by atoms with Crippen LogP contribution in [-0.4, -0.2) is 61.1 Å². The fourth-order valence-corrected chi connectivity index (χ4v) is 3.30. The first-order chi connectivity index (χ1) is 13.2. The first kappa shape index (κ1) is 21.0. The van der Waals surface area contributed by atoms with E-state index in [0.29, 0.717) is 25.1 Å². The standard InChI is InChI=1S/C20H33N5O2/c1-4-16(5-2)19(26)25-12-8-17(9-13-25)24-20(21-3)23-11-14-27-18-7-6-10-22-15-18/h6-7,10,15-17H,4-5,8-9,11-14H2,1-3H3,(H2,21,23,24). The Morgan fingerprint density at radius 2 is 2.11 bits per heavy atom. The molecule has 2 heterocycles. The maximum Gasteiger partial charge on any atom is 0.225 e. The summed E-state index contributed by atoms with van der Waals surface area (Å²) in [6.07, 6.45) is 7.15. The van der Waals surface area contributed by atoms with E-state index in [4.69, 9.17) is 4.74 Å². The summed E-state index contributed by atoms with van der Waals surface area (Å²) in [4.78, 5) is 22.8. The Morgan fingerprint density at radius 1 is 1.37 bits per heavy atom. The number of amides is 1. The van der Waals surface area contributed by atoms with Crippen LogP contribution in [0.4, 0.5) is 0 Å². The van der Waals surface area contributed by atoms with Crippen LogP contribution in [0, 0.1) is 5.92 Å². The molecule has 7 heteroatoms. The van der Waals surface area contributed by atoms with Crippen molar-refractivity contribution < 1.29 is 9.53 Å². The third-order valence-corrected chi connectivity index (χ3v) is 5.00. The highest BCUT2D eigenvalue weighted by molar-refractivity contribution is 5.80. The molecule has 0 atom stereocenters. The van der Waals surface area contributed by atoms with Crippen molar-refractivity contribution in [3.63, 3.8) is 0 Å². The van der Waals surface area contributed by atoms with Gasteiger partial charge < -0.3 is 20.3 Å². The van der Waals surface area contributed by atoms with Gasteiger partial charge in [-0.15, -0.1) is 0 Å². The molecule has 1 aliphatic heterocycles. The highest BCUT2D eigenvalue weighted by Gasteiger charge is 2.26. The van der Waals surface area contributed by atoms with Crippen molar-refractivity contribution in [1.29, 1.82) is 0 Å². The van der Waals surface area contributed by atoms with Crippen LogP contribution in [0.2, 0.25) is 0 Å². The topological polar surface area (TPSA) is 78.9 Å². The van der Waals surface area contributed by atoms with Crippen molar-refractivity contribution in [2.24, 2.45) is 10.9 Å². The van der Waals surface area contributed by atoms with Crippen LogP contribution in [0.5, 0.6) is 5.75 Å². The second-order valence-corrected chi connectivity index (χ2v) is 6.79. The van der Waals surface area contributed by atoms with E-state index in [1.807, 2.05) is 17.0 Å². The molecule has 1 aliphatic rings. The number of nitrogens with one attached hydrogen (secondary N) is 2. The zero-order chi connectivity index (χ0) is 19.5. The average Bonchev–Trinajstić information content (AvgIpc) is 2.72. The minimum absolute atomic E-state index is 0.170. The van der Waals surface area contributed by atoms with Crippen LogP contribution in [0.25, 0.3) is 0 Å². The van der Waals surface area contributed by atoms with E-state index in [1.165, 1.54) is 0 Å². The molecule has 2 rings (SSSR count). The number of ether oxygens (including phenoxy) is 1. The van der Waals surface area contributed by atoms with E-state index < -0.39 is 0 Å². The Balaban J connectivity index is 1.67. The largest absolute Gasteiger partial charge is 0.490 e. The van der Waals surface area contributed by atoms with Gasteiger partial charge >= 0.3 is 0 Å². The molecule has 1 fully saturated rings. The SMILES string of the molecule is CCC(CC)C(=O)N1CCC(NC(=NC)NCCOc2cccnc2)CC1. The van der Waals surface area contributed by atoms with Crippen molar-refractivity contribution in [3.05, 3.63) is 24.5 Å². The number of hydrogen-bond donors (Lipinski definition) is 2. The van der Waals surface area contributed by atoms with E-state index >= 15 is 0 Å². The lowest BCUT2D eigenvalue weighted by atomic mass is 9.98. The number of aromatic nitrogens is 1.